The minimum absolute atomic E-state index is 0.543. The van der Waals surface area contributed by atoms with Gasteiger partial charge in [-0.3, -0.25) is 0 Å². The van der Waals surface area contributed by atoms with Gasteiger partial charge in [0.05, 0.1) is 12.8 Å². The lowest BCUT2D eigenvalue weighted by Gasteiger charge is -2.06. The minimum atomic E-state index is -0.543. The summed E-state index contributed by atoms with van der Waals surface area (Å²) in [5.74, 6) is 0. The molecular formula is C14H20N2O2. The van der Waals surface area contributed by atoms with Crippen LogP contribution in [0.15, 0.2) is 35.4 Å². The summed E-state index contributed by atoms with van der Waals surface area (Å²) in [6.07, 6.45) is 3.69. The van der Waals surface area contributed by atoms with Crippen LogP contribution < -0.4 is 5.43 Å². The highest BCUT2D eigenvalue weighted by molar-refractivity contribution is 6.00. The van der Waals surface area contributed by atoms with Gasteiger partial charge in [-0.15, -0.1) is 0 Å². The van der Waals surface area contributed by atoms with Crippen LogP contribution in [-0.4, -0.2) is 18.9 Å². The maximum Gasteiger partial charge on any atom is 0.427 e. The van der Waals surface area contributed by atoms with E-state index in [0.29, 0.717) is 0 Å². The Hall–Kier alpha value is -1.84. The first-order valence-electron chi connectivity index (χ1n) is 6.24. The second-order valence-electron chi connectivity index (χ2n) is 3.99. The number of rotatable bonds is 6. The van der Waals surface area contributed by atoms with Crippen molar-refractivity contribution in [1.29, 1.82) is 0 Å². The fourth-order valence-corrected chi connectivity index (χ4v) is 1.60. The lowest BCUT2D eigenvalue weighted by molar-refractivity contribution is 0.171. The number of amides is 1. The van der Waals surface area contributed by atoms with Crippen molar-refractivity contribution < 1.29 is 9.53 Å². The smallest absolute Gasteiger partial charge is 0.427 e. The fourth-order valence-electron chi connectivity index (χ4n) is 1.60. The number of unbranched alkanes of at least 4 members (excludes halogenated alkanes) is 2. The van der Waals surface area contributed by atoms with E-state index in [9.17, 15) is 4.79 Å². The molecule has 18 heavy (non-hydrogen) atoms. The maximum atomic E-state index is 11.0. The number of hydrogen-bond acceptors (Lipinski definition) is 3. The maximum absolute atomic E-state index is 11.0. The first kappa shape index (κ1) is 14.2. The molecule has 0 spiro atoms. The number of nitrogens with one attached hydrogen (secondary N) is 1. The van der Waals surface area contributed by atoms with E-state index in [1.54, 1.807) is 0 Å². The number of ether oxygens (including phenoxy) is 1. The first-order chi connectivity index (χ1) is 8.77. The van der Waals surface area contributed by atoms with Crippen molar-refractivity contribution in [2.24, 2.45) is 5.10 Å². The predicted molar refractivity (Wildman–Crippen MR) is 72.7 cm³/mol. The van der Waals surface area contributed by atoms with Gasteiger partial charge in [0.2, 0.25) is 0 Å². The van der Waals surface area contributed by atoms with Crippen molar-refractivity contribution in [3.63, 3.8) is 0 Å². The molecule has 0 unspecified atom stereocenters. The molecule has 1 aromatic rings. The lowest BCUT2D eigenvalue weighted by Crippen LogP contribution is -2.19. The molecule has 0 aliphatic heterocycles. The molecule has 0 bridgehead atoms. The zero-order valence-corrected chi connectivity index (χ0v) is 11.0. The van der Waals surface area contributed by atoms with Gasteiger partial charge >= 0.3 is 6.09 Å². The number of carbonyl (C=O) groups is 1. The third-order valence-corrected chi connectivity index (χ3v) is 2.59. The summed E-state index contributed by atoms with van der Waals surface area (Å²) < 4.78 is 4.50. The van der Waals surface area contributed by atoms with Crippen LogP contribution in [-0.2, 0) is 4.74 Å². The van der Waals surface area contributed by atoms with Gasteiger partial charge in [0.15, 0.2) is 0 Å². The van der Waals surface area contributed by atoms with Crippen LogP contribution in [0.3, 0.4) is 0 Å². The Bertz CT molecular complexity index is 388. The van der Waals surface area contributed by atoms with Gasteiger partial charge in [-0.2, -0.15) is 5.10 Å². The molecule has 0 fully saturated rings. The fraction of sp³-hybridized carbons (Fsp3) is 0.429. The van der Waals surface area contributed by atoms with Gasteiger partial charge in [0.1, 0.15) is 0 Å². The third-order valence-electron chi connectivity index (χ3n) is 2.59. The number of nitrogens with zero attached hydrogens (tertiary/aromatic N) is 1. The Morgan fingerprint density at radius 1 is 1.28 bits per heavy atom. The molecule has 0 saturated carbocycles. The van der Waals surface area contributed by atoms with Crippen molar-refractivity contribution in [2.75, 3.05) is 7.11 Å². The molecule has 0 atom stereocenters. The van der Waals surface area contributed by atoms with Crippen LogP contribution in [0.1, 0.15) is 38.2 Å². The molecule has 0 heterocycles. The van der Waals surface area contributed by atoms with Crippen LogP contribution in [0.2, 0.25) is 0 Å². The number of benzene rings is 1. The Labute approximate surface area is 108 Å². The summed E-state index contributed by atoms with van der Waals surface area (Å²) >= 11 is 0. The van der Waals surface area contributed by atoms with E-state index in [2.05, 4.69) is 22.2 Å². The SMILES string of the molecule is CCCCC/C(=N\NC(=O)OC)c1ccccc1. The van der Waals surface area contributed by atoms with Gasteiger partial charge in [0, 0.05) is 0 Å². The molecule has 0 aliphatic rings. The number of hydrazone groups is 1. The summed E-state index contributed by atoms with van der Waals surface area (Å²) in [5.41, 5.74) is 4.30. The number of methoxy groups -OCH3 is 1. The molecule has 1 N–H and O–H groups in total. The monoisotopic (exact) mass is 248 g/mol. The summed E-state index contributed by atoms with van der Waals surface area (Å²) in [7, 11) is 1.32. The van der Waals surface area contributed by atoms with E-state index >= 15 is 0 Å². The highest BCUT2D eigenvalue weighted by atomic mass is 16.5. The van der Waals surface area contributed by atoms with Crippen LogP contribution >= 0.6 is 0 Å². The first-order valence-corrected chi connectivity index (χ1v) is 6.24. The standard InChI is InChI=1S/C14H20N2O2/c1-3-4-6-11-13(15-16-14(17)18-2)12-9-7-5-8-10-12/h5,7-10H,3-4,6,11H2,1-2H3,(H,16,17)/b15-13+. The molecule has 0 radical (unpaired) electrons. The predicted octanol–water partition coefficient (Wildman–Crippen LogP) is 3.33. The summed E-state index contributed by atoms with van der Waals surface area (Å²) in [4.78, 5) is 11.0. The third kappa shape index (κ3) is 4.99. The Balaban J connectivity index is 2.71. The van der Waals surface area contributed by atoms with Crippen LogP contribution in [0.25, 0.3) is 0 Å². The Kier molecular flexibility index (Phi) is 6.54. The zero-order valence-electron chi connectivity index (χ0n) is 11.0. The van der Waals surface area contributed by atoms with Crippen molar-refractivity contribution in [1.82, 2.24) is 5.43 Å². The van der Waals surface area contributed by atoms with Gasteiger partial charge in [-0.1, -0.05) is 50.1 Å². The van der Waals surface area contributed by atoms with Crippen molar-refractivity contribution in [2.45, 2.75) is 32.6 Å². The van der Waals surface area contributed by atoms with E-state index in [-0.39, 0.29) is 0 Å². The van der Waals surface area contributed by atoms with E-state index in [4.69, 9.17) is 0 Å². The van der Waals surface area contributed by atoms with Gasteiger partial charge in [-0.05, 0) is 18.4 Å². The van der Waals surface area contributed by atoms with Gasteiger partial charge in [0.25, 0.3) is 0 Å². The largest absolute Gasteiger partial charge is 0.452 e. The number of hydrogen-bond donors (Lipinski definition) is 1. The quantitative estimate of drug-likeness (QED) is 0.477. The van der Waals surface area contributed by atoms with Gasteiger partial charge < -0.3 is 4.74 Å². The van der Waals surface area contributed by atoms with Crippen LogP contribution in [0, 0.1) is 0 Å². The molecular weight excluding hydrogens is 228 g/mol. The van der Waals surface area contributed by atoms with E-state index in [1.807, 2.05) is 30.3 Å². The molecule has 4 nitrogen and oxygen atoms in total. The molecule has 1 rings (SSSR count). The summed E-state index contributed by atoms with van der Waals surface area (Å²) in [6.45, 7) is 2.16. The molecule has 4 heteroatoms. The highest BCUT2D eigenvalue weighted by Crippen LogP contribution is 2.09. The Morgan fingerprint density at radius 3 is 2.61 bits per heavy atom. The van der Waals surface area contributed by atoms with Gasteiger partial charge in [-0.25, -0.2) is 10.2 Å². The van der Waals surface area contributed by atoms with E-state index in [1.165, 1.54) is 7.11 Å². The highest BCUT2D eigenvalue weighted by Gasteiger charge is 2.04. The van der Waals surface area contributed by atoms with Crippen molar-refractivity contribution >= 4 is 11.8 Å². The molecule has 98 valence electrons. The summed E-state index contributed by atoms with van der Waals surface area (Å²) in [6, 6.07) is 9.86. The molecule has 0 saturated heterocycles. The average Bonchev–Trinajstić information content (AvgIpc) is 2.43. The second kappa shape index (κ2) is 8.28. The van der Waals surface area contributed by atoms with E-state index in [0.717, 1.165) is 37.0 Å². The van der Waals surface area contributed by atoms with E-state index < -0.39 is 6.09 Å². The lowest BCUT2D eigenvalue weighted by atomic mass is 10.0. The normalized spacial score (nSPS) is 11.1. The molecule has 0 aromatic heterocycles. The zero-order chi connectivity index (χ0) is 13.2. The average molecular weight is 248 g/mol. The van der Waals surface area contributed by atoms with Crippen molar-refractivity contribution in [3.8, 4) is 0 Å². The number of carbonyl (C=O) groups excluding carboxylic acids is 1. The summed E-state index contributed by atoms with van der Waals surface area (Å²) in [5, 5.41) is 4.13. The van der Waals surface area contributed by atoms with Crippen LogP contribution in [0.4, 0.5) is 4.79 Å². The molecule has 1 aromatic carbocycles. The second-order valence-corrected chi connectivity index (χ2v) is 3.99. The molecule has 1 amide bonds. The minimum Gasteiger partial charge on any atom is -0.452 e. The Morgan fingerprint density at radius 2 is 2.00 bits per heavy atom. The van der Waals surface area contributed by atoms with Crippen molar-refractivity contribution in [3.05, 3.63) is 35.9 Å². The topological polar surface area (TPSA) is 50.7 Å². The van der Waals surface area contributed by atoms with Crippen LogP contribution in [0.5, 0.6) is 0 Å². The molecule has 0 aliphatic carbocycles.